The minimum atomic E-state index is -0.767. The van der Waals surface area contributed by atoms with Crippen molar-refractivity contribution < 1.29 is 28.6 Å². The van der Waals surface area contributed by atoms with Gasteiger partial charge in [-0.1, -0.05) is 296 Å². The zero-order chi connectivity index (χ0) is 49.3. The Labute approximate surface area is 424 Å². The van der Waals surface area contributed by atoms with Crippen LogP contribution in [-0.2, 0) is 28.6 Å². The third kappa shape index (κ3) is 55.1. The van der Waals surface area contributed by atoms with Gasteiger partial charge >= 0.3 is 17.9 Å². The number of carbonyl (C=O) groups excluding carboxylic acids is 3. The Balaban J connectivity index is 3.99. The van der Waals surface area contributed by atoms with Crippen molar-refractivity contribution in [2.45, 2.75) is 354 Å². The predicted molar refractivity (Wildman–Crippen MR) is 293 cm³/mol. The highest BCUT2D eigenvalue weighted by molar-refractivity contribution is 5.71. The van der Waals surface area contributed by atoms with Gasteiger partial charge in [-0.3, -0.25) is 14.4 Å². The maximum absolute atomic E-state index is 12.8. The molecule has 6 nitrogen and oxygen atoms in total. The Hall–Kier alpha value is -1.85. The van der Waals surface area contributed by atoms with Crippen LogP contribution < -0.4 is 0 Å². The molecule has 0 aromatic rings. The molecule has 0 fully saturated rings. The number of ether oxygens (including phenoxy) is 3. The van der Waals surface area contributed by atoms with E-state index in [4.69, 9.17) is 14.2 Å². The molecule has 68 heavy (non-hydrogen) atoms. The van der Waals surface area contributed by atoms with E-state index in [1.807, 2.05) is 0 Å². The van der Waals surface area contributed by atoms with E-state index in [0.29, 0.717) is 19.3 Å². The number of unbranched alkanes of at least 4 members (excludes halogenated alkanes) is 44. The zero-order valence-corrected chi connectivity index (χ0v) is 46.2. The summed E-state index contributed by atoms with van der Waals surface area (Å²) < 4.78 is 16.8. The van der Waals surface area contributed by atoms with Gasteiger partial charge < -0.3 is 14.2 Å². The van der Waals surface area contributed by atoms with Crippen molar-refractivity contribution in [1.29, 1.82) is 0 Å². The first-order chi connectivity index (χ1) is 33.5. The van der Waals surface area contributed by atoms with Crippen molar-refractivity contribution in [3.63, 3.8) is 0 Å². The first kappa shape index (κ1) is 66.2. The van der Waals surface area contributed by atoms with Crippen LogP contribution in [0.4, 0.5) is 0 Å². The lowest BCUT2D eigenvalue weighted by Gasteiger charge is -2.18. The van der Waals surface area contributed by atoms with Crippen molar-refractivity contribution in [3.8, 4) is 0 Å². The van der Waals surface area contributed by atoms with E-state index >= 15 is 0 Å². The molecule has 0 radical (unpaired) electrons. The Morgan fingerprint density at radius 2 is 0.485 bits per heavy atom. The molecule has 1 unspecified atom stereocenters. The minimum Gasteiger partial charge on any atom is -0.462 e. The highest BCUT2D eigenvalue weighted by Crippen LogP contribution is 2.18. The van der Waals surface area contributed by atoms with E-state index in [-0.39, 0.29) is 31.1 Å². The topological polar surface area (TPSA) is 78.9 Å². The summed E-state index contributed by atoms with van der Waals surface area (Å²) in [6.45, 7) is 6.64. The van der Waals surface area contributed by atoms with Gasteiger partial charge in [0.2, 0.25) is 0 Å². The molecule has 0 aromatic heterocycles. The van der Waals surface area contributed by atoms with E-state index in [9.17, 15) is 14.4 Å². The Kier molecular flexibility index (Phi) is 56.2. The molecule has 0 heterocycles. The van der Waals surface area contributed by atoms with Crippen molar-refractivity contribution in [2.24, 2.45) is 0 Å². The number of esters is 3. The molecule has 402 valence electrons. The SMILES string of the molecule is CCCCCC/C=C\CCCCCCCC(=O)OC(COC(=O)CCCCCCCCCC)COC(=O)CCCCCCCCCCCCCCCCCCCCCCCCCCCCCCC. The summed E-state index contributed by atoms with van der Waals surface area (Å²) in [6, 6.07) is 0. The summed E-state index contributed by atoms with van der Waals surface area (Å²) in [5.74, 6) is -0.861. The van der Waals surface area contributed by atoms with E-state index in [2.05, 4.69) is 32.9 Å². The average Bonchev–Trinajstić information content (AvgIpc) is 3.34. The third-order valence-electron chi connectivity index (χ3n) is 14.0. The van der Waals surface area contributed by atoms with Crippen LogP contribution in [-0.4, -0.2) is 37.2 Å². The molecule has 0 N–H and O–H groups in total. The monoisotopic (exact) mass is 959 g/mol. The van der Waals surface area contributed by atoms with Gasteiger partial charge in [0.15, 0.2) is 6.10 Å². The standard InChI is InChI=1S/C62H118O6/c1-4-7-10-13-16-19-21-23-24-25-26-27-28-29-30-31-32-33-34-35-36-37-38-40-41-43-46-49-52-55-61(64)67-58-59(57-66-60(63)54-51-48-45-18-15-12-9-6-3)68-62(65)56-53-50-47-44-42-39-22-20-17-14-11-8-5-2/h20,22,59H,4-19,21,23-58H2,1-3H3/b22-20-. The van der Waals surface area contributed by atoms with Gasteiger partial charge in [0.25, 0.3) is 0 Å². The van der Waals surface area contributed by atoms with Crippen LogP contribution >= 0.6 is 0 Å². The summed E-state index contributed by atoms with van der Waals surface area (Å²) >= 11 is 0. The fraction of sp³-hybridized carbons (Fsp3) is 0.919. The quantitative estimate of drug-likeness (QED) is 0.0262. The van der Waals surface area contributed by atoms with E-state index in [1.54, 1.807) is 0 Å². The number of rotatable bonds is 57. The lowest BCUT2D eigenvalue weighted by Crippen LogP contribution is -2.30. The van der Waals surface area contributed by atoms with Gasteiger partial charge in [0, 0.05) is 19.3 Å². The van der Waals surface area contributed by atoms with Crippen LogP contribution in [0.25, 0.3) is 0 Å². The molecule has 0 aliphatic carbocycles. The first-order valence-corrected chi connectivity index (χ1v) is 30.7. The van der Waals surface area contributed by atoms with Crippen molar-refractivity contribution in [1.82, 2.24) is 0 Å². The van der Waals surface area contributed by atoms with Gasteiger partial charge in [0.1, 0.15) is 13.2 Å². The summed E-state index contributed by atoms with van der Waals surface area (Å²) in [7, 11) is 0. The molecule has 0 aliphatic rings. The second-order valence-electron chi connectivity index (χ2n) is 21.0. The first-order valence-electron chi connectivity index (χ1n) is 30.7. The molecular formula is C62H118O6. The average molecular weight is 960 g/mol. The fourth-order valence-corrected chi connectivity index (χ4v) is 9.38. The van der Waals surface area contributed by atoms with Gasteiger partial charge in [-0.05, 0) is 44.9 Å². The third-order valence-corrected chi connectivity index (χ3v) is 14.0. The van der Waals surface area contributed by atoms with Crippen LogP contribution in [0.5, 0.6) is 0 Å². The van der Waals surface area contributed by atoms with Crippen molar-refractivity contribution in [2.75, 3.05) is 13.2 Å². The molecule has 0 bridgehead atoms. The molecule has 0 aromatic carbocycles. The van der Waals surface area contributed by atoms with Crippen molar-refractivity contribution in [3.05, 3.63) is 12.2 Å². The van der Waals surface area contributed by atoms with E-state index in [1.165, 1.54) is 244 Å². The smallest absolute Gasteiger partial charge is 0.306 e. The lowest BCUT2D eigenvalue weighted by molar-refractivity contribution is -0.167. The number of hydrogen-bond acceptors (Lipinski definition) is 6. The lowest BCUT2D eigenvalue weighted by atomic mass is 10.0. The fourth-order valence-electron chi connectivity index (χ4n) is 9.38. The number of allylic oxidation sites excluding steroid dienone is 2. The molecule has 6 heteroatoms. The second-order valence-corrected chi connectivity index (χ2v) is 21.0. The minimum absolute atomic E-state index is 0.0682. The Bertz CT molecular complexity index is 1060. The summed E-state index contributed by atoms with van der Waals surface area (Å²) in [4.78, 5) is 37.9. The highest BCUT2D eigenvalue weighted by atomic mass is 16.6. The highest BCUT2D eigenvalue weighted by Gasteiger charge is 2.19. The molecule has 0 saturated carbocycles. The molecule has 0 rings (SSSR count). The molecular weight excluding hydrogens is 841 g/mol. The van der Waals surface area contributed by atoms with Gasteiger partial charge in [-0.2, -0.15) is 0 Å². The van der Waals surface area contributed by atoms with E-state index < -0.39 is 6.10 Å². The predicted octanol–water partition coefficient (Wildman–Crippen LogP) is 20.5. The summed E-state index contributed by atoms with van der Waals surface area (Å²) in [6.07, 6.45) is 66.8. The summed E-state index contributed by atoms with van der Waals surface area (Å²) in [5, 5.41) is 0. The maximum Gasteiger partial charge on any atom is 0.306 e. The molecule has 0 saturated heterocycles. The Morgan fingerprint density at radius 1 is 0.279 bits per heavy atom. The van der Waals surface area contributed by atoms with Crippen LogP contribution in [0, 0.1) is 0 Å². The Morgan fingerprint density at radius 3 is 0.750 bits per heavy atom. The molecule has 0 spiro atoms. The van der Waals surface area contributed by atoms with Gasteiger partial charge in [0.05, 0.1) is 0 Å². The van der Waals surface area contributed by atoms with Crippen LogP contribution in [0.3, 0.4) is 0 Å². The summed E-state index contributed by atoms with van der Waals surface area (Å²) in [5.41, 5.74) is 0. The van der Waals surface area contributed by atoms with Gasteiger partial charge in [-0.25, -0.2) is 0 Å². The number of carbonyl (C=O) groups is 3. The maximum atomic E-state index is 12.8. The van der Waals surface area contributed by atoms with Gasteiger partial charge in [-0.15, -0.1) is 0 Å². The van der Waals surface area contributed by atoms with Crippen LogP contribution in [0.2, 0.25) is 0 Å². The zero-order valence-electron chi connectivity index (χ0n) is 46.2. The molecule has 1 atom stereocenters. The van der Waals surface area contributed by atoms with Crippen molar-refractivity contribution >= 4 is 17.9 Å². The van der Waals surface area contributed by atoms with Crippen LogP contribution in [0.1, 0.15) is 348 Å². The largest absolute Gasteiger partial charge is 0.462 e. The molecule has 0 amide bonds. The molecule has 0 aliphatic heterocycles. The second kappa shape index (κ2) is 57.7. The number of hydrogen-bond donors (Lipinski definition) is 0. The van der Waals surface area contributed by atoms with Crippen LogP contribution in [0.15, 0.2) is 12.2 Å². The normalized spacial score (nSPS) is 12.0. The van der Waals surface area contributed by atoms with E-state index in [0.717, 1.165) is 64.2 Å².